The molecule has 6 nitrogen and oxygen atoms in total. The second kappa shape index (κ2) is 10.8. The Morgan fingerprint density at radius 1 is 0.903 bits per heavy atom. The van der Waals surface area contributed by atoms with Crippen LogP contribution in [0.2, 0.25) is 6.04 Å². The molecule has 0 aliphatic carbocycles. The molecule has 2 unspecified atom stereocenters. The van der Waals surface area contributed by atoms with Crippen molar-refractivity contribution in [2.45, 2.75) is 57.7 Å². The molecule has 1 aliphatic heterocycles. The number of carbonyl (C=O) groups excluding carboxylic acids is 1. The molecule has 1 aromatic carbocycles. The molecule has 31 heavy (non-hydrogen) atoms. The molecular formula is C20H30F4N2O4Si. The third-order valence-corrected chi connectivity index (χ3v) is 8.34. The number of hydrogen-bond donors (Lipinski definition) is 1. The zero-order valence-electron chi connectivity index (χ0n) is 18.5. The second-order valence-corrected chi connectivity index (χ2v) is 10.5. The van der Waals surface area contributed by atoms with E-state index in [1.54, 1.807) is 0 Å². The lowest BCUT2D eigenvalue weighted by Gasteiger charge is -2.24. The summed E-state index contributed by atoms with van der Waals surface area (Å²) in [5.41, 5.74) is -2.03. The molecular weight excluding hydrogens is 436 g/mol. The van der Waals surface area contributed by atoms with Crippen LogP contribution < -0.4 is 10.2 Å². The van der Waals surface area contributed by atoms with Crippen molar-refractivity contribution in [3.63, 3.8) is 0 Å². The van der Waals surface area contributed by atoms with Crippen LogP contribution in [-0.2, 0) is 13.3 Å². The maximum atomic E-state index is 14.8. The Bertz CT molecular complexity index is 746. The van der Waals surface area contributed by atoms with Crippen molar-refractivity contribution in [1.82, 2.24) is 5.32 Å². The number of rotatable bonds is 12. The van der Waals surface area contributed by atoms with Gasteiger partial charge in [-0.05, 0) is 12.8 Å². The van der Waals surface area contributed by atoms with E-state index in [1.807, 2.05) is 13.8 Å². The number of hydrogen-bond acceptors (Lipinski definition) is 5. The lowest BCUT2D eigenvalue weighted by molar-refractivity contribution is 0.0938. The van der Waals surface area contributed by atoms with Crippen molar-refractivity contribution in [1.29, 1.82) is 0 Å². The Kier molecular flexibility index (Phi) is 8.87. The summed E-state index contributed by atoms with van der Waals surface area (Å²) in [7, 11) is 1.07. The van der Waals surface area contributed by atoms with E-state index in [0.29, 0.717) is 12.8 Å². The monoisotopic (exact) mass is 466 g/mol. The number of nitrogens with zero attached hydrogens (tertiary/aromatic N) is 1. The fourth-order valence-corrected chi connectivity index (χ4v) is 5.48. The van der Waals surface area contributed by atoms with Gasteiger partial charge < -0.3 is 23.5 Å². The Morgan fingerprint density at radius 3 is 1.74 bits per heavy atom. The van der Waals surface area contributed by atoms with Crippen molar-refractivity contribution in [3.05, 3.63) is 28.8 Å². The van der Waals surface area contributed by atoms with Gasteiger partial charge in [-0.1, -0.05) is 26.7 Å². The highest BCUT2D eigenvalue weighted by atomic mass is 28.4. The molecule has 0 aromatic heterocycles. The van der Waals surface area contributed by atoms with Crippen molar-refractivity contribution in [2.75, 3.05) is 32.8 Å². The number of anilines is 1. The van der Waals surface area contributed by atoms with E-state index in [4.69, 9.17) is 13.3 Å². The van der Waals surface area contributed by atoms with Gasteiger partial charge in [0.25, 0.3) is 5.91 Å². The smallest absolute Gasteiger partial charge is 0.377 e. The minimum atomic E-state index is -3.04. The van der Waals surface area contributed by atoms with Gasteiger partial charge in [0.1, 0.15) is 11.3 Å². The van der Waals surface area contributed by atoms with E-state index in [1.165, 1.54) is 26.2 Å². The standard InChI is InChI=1S/C20H30F4N2O4Si/c1-6-8-12-13(9-7-2)26(12)19-17(23)15(21)14(16(22)18(19)24)20(27)25-10-11-31(28-3,29-4)30-5/h12-13H,6-11H2,1-5H3,(H,25,27). The summed E-state index contributed by atoms with van der Waals surface area (Å²) in [6.07, 6.45) is 2.84. The van der Waals surface area contributed by atoms with Crippen LogP contribution in [-0.4, -0.2) is 54.7 Å². The van der Waals surface area contributed by atoms with Crippen LogP contribution in [0.3, 0.4) is 0 Å². The van der Waals surface area contributed by atoms with Gasteiger partial charge in [-0.25, -0.2) is 17.6 Å². The molecule has 1 aromatic rings. The zero-order valence-corrected chi connectivity index (χ0v) is 19.5. The SMILES string of the molecule is CCCC1C(CCC)N1c1c(F)c(F)c(C(=O)NCC[Si](OC)(OC)OC)c(F)c1F. The molecule has 0 bridgehead atoms. The highest BCUT2D eigenvalue weighted by molar-refractivity contribution is 6.60. The topological polar surface area (TPSA) is 59.8 Å². The third-order valence-electron chi connectivity index (χ3n) is 5.61. The van der Waals surface area contributed by atoms with E-state index in [2.05, 4.69) is 5.32 Å². The van der Waals surface area contributed by atoms with Crippen molar-refractivity contribution >= 4 is 20.4 Å². The van der Waals surface area contributed by atoms with Crippen LogP contribution in [0.25, 0.3) is 0 Å². The number of carbonyl (C=O) groups is 1. The Hall–Kier alpha value is -1.69. The molecule has 2 atom stereocenters. The molecule has 1 aliphatic rings. The summed E-state index contributed by atoms with van der Waals surface area (Å²) in [6, 6.07) is -0.259. The minimum Gasteiger partial charge on any atom is -0.377 e. The van der Waals surface area contributed by atoms with E-state index >= 15 is 0 Å². The molecule has 176 valence electrons. The fourth-order valence-electron chi connectivity index (χ4n) is 3.94. The molecule has 1 saturated heterocycles. The molecule has 1 N–H and O–H groups in total. The van der Waals surface area contributed by atoms with Crippen LogP contribution in [0.5, 0.6) is 0 Å². The normalized spacial score (nSPS) is 18.4. The number of nitrogens with one attached hydrogen (secondary N) is 1. The third kappa shape index (κ3) is 5.05. The molecule has 11 heteroatoms. The van der Waals surface area contributed by atoms with Crippen molar-refractivity contribution in [3.8, 4) is 0 Å². The summed E-state index contributed by atoms with van der Waals surface area (Å²) in [6.45, 7) is 3.72. The predicted octanol–water partition coefficient (Wildman–Crippen LogP) is 4.01. The highest BCUT2D eigenvalue weighted by Gasteiger charge is 2.49. The quantitative estimate of drug-likeness (QED) is 0.218. The van der Waals surface area contributed by atoms with Crippen LogP contribution in [0, 0.1) is 23.3 Å². The number of halogens is 4. The maximum absolute atomic E-state index is 14.8. The predicted molar refractivity (Wildman–Crippen MR) is 110 cm³/mol. The van der Waals surface area contributed by atoms with Crippen LogP contribution in [0.15, 0.2) is 0 Å². The Labute approximate surface area is 181 Å². The van der Waals surface area contributed by atoms with Crippen molar-refractivity contribution in [2.24, 2.45) is 0 Å². The molecule has 0 saturated carbocycles. The van der Waals surface area contributed by atoms with Crippen molar-refractivity contribution < 1.29 is 35.6 Å². The molecule has 0 spiro atoms. The van der Waals surface area contributed by atoms with E-state index in [0.717, 1.165) is 12.8 Å². The fraction of sp³-hybridized carbons (Fsp3) is 0.650. The highest BCUT2D eigenvalue weighted by Crippen LogP contribution is 2.44. The second-order valence-electron chi connectivity index (χ2n) is 7.40. The molecule has 0 radical (unpaired) electrons. The van der Waals surface area contributed by atoms with E-state index < -0.39 is 49.2 Å². The van der Waals surface area contributed by atoms with Crippen LogP contribution >= 0.6 is 0 Å². The van der Waals surface area contributed by atoms with E-state index in [9.17, 15) is 22.4 Å². The van der Waals surface area contributed by atoms with Crippen LogP contribution in [0.1, 0.15) is 49.9 Å². The van der Waals surface area contributed by atoms with Gasteiger partial charge >= 0.3 is 8.80 Å². The zero-order chi connectivity index (χ0) is 23.3. The summed E-state index contributed by atoms with van der Waals surface area (Å²) in [5, 5.41) is 2.24. The molecule has 1 amide bonds. The lowest BCUT2D eigenvalue weighted by atomic mass is 10.1. The minimum absolute atomic E-state index is 0.0969. The first-order valence-electron chi connectivity index (χ1n) is 10.3. The van der Waals surface area contributed by atoms with Gasteiger partial charge in [-0.2, -0.15) is 0 Å². The lowest BCUT2D eigenvalue weighted by Crippen LogP contribution is -2.45. The maximum Gasteiger partial charge on any atom is 0.501 e. The number of amides is 1. The summed E-state index contributed by atoms with van der Waals surface area (Å²) in [4.78, 5) is 13.7. The average Bonchev–Trinajstić information content (AvgIpc) is 3.42. The molecule has 1 fully saturated rings. The first-order valence-corrected chi connectivity index (χ1v) is 12.2. The van der Waals surface area contributed by atoms with Gasteiger partial charge in [0.15, 0.2) is 23.3 Å². The molecule has 1 heterocycles. The summed E-state index contributed by atoms with van der Waals surface area (Å²) < 4.78 is 74.5. The van der Waals surface area contributed by atoms with Gasteiger partial charge in [-0.3, -0.25) is 4.79 Å². The van der Waals surface area contributed by atoms with Gasteiger partial charge in [0, 0.05) is 46.0 Å². The Morgan fingerprint density at radius 2 is 1.35 bits per heavy atom. The van der Waals surface area contributed by atoms with Gasteiger partial charge in [0.05, 0.1) is 0 Å². The van der Waals surface area contributed by atoms with Gasteiger partial charge in [0.2, 0.25) is 0 Å². The largest absolute Gasteiger partial charge is 0.501 e. The van der Waals surface area contributed by atoms with Gasteiger partial charge in [-0.15, -0.1) is 0 Å². The molecule has 2 rings (SSSR count). The summed E-state index contributed by atoms with van der Waals surface area (Å²) >= 11 is 0. The summed E-state index contributed by atoms with van der Waals surface area (Å²) in [5.74, 6) is -7.81. The Balaban J connectivity index is 2.26. The first kappa shape index (κ1) is 25.6. The van der Waals surface area contributed by atoms with Crippen LogP contribution in [0.4, 0.5) is 23.2 Å². The number of benzene rings is 1. The average molecular weight is 467 g/mol. The van der Waals surface area contributed by atoms with E-state index in [-0.39, 0.29) is 24.7 Å². The first-order chi connectivity index (χ1) is 14.7.